The Labute approximate surface area is 133 Å². The normalized spacial score (nSPS) is 12.5. The Balaban J connectivity index is 1.79. The van der Waals surface area contributed by atoms with Crippen LogP contribution >= 0.6 is 11.6 Å². The van der Waals surface area contributed by atoms with Gasteiger partial charge in [-0.15, -0.1) is 0 Å². The Bertz CT molecular complexity index is 723. The second kappa shape index (κ2) is 6.38. The molecule has 2 heterocycles. The van der Waals surface area contributed by atoms with Gasteiger partial charge in [0, 0.05) is 6.20 Å². The van der Waals surface area contributed by atoms with Crippen LogP contribution < -0.4 is 10.2 Å². The molecule has 0 spiro atoms. The quantitative estimate of drug-likeness (QED) is 0.639. The van der Waals surface area contributed by atoms with Crippen molar-refractivity contribution in [2.24, 2.45) is 0 Å². The average molecular weight is 318 g/mol. The van der Waals surface area contributed by atoms with Gasteiger partial charge >= 0.3 is 13.5 Å². The molecule has 22 heavy (non-hydrogen) atoms. The van der Waals surface area contributed by atoms with Gasteiger partial charge in [-0.2, -0.15) is 0 Å². The number of rotatable bonds is 4. The van der Waals surface area contributed by atoms with Crippen LogP contribution in [-0.4, -0.2) is 25.0 Å². The van der Waals surface area contributed by atoms with Crippen molar-refractivity contribution < 1.29 is 18.9 Å². The standard InChI is InChI=1S/C15H13BClNO4/c1-2-20-15(19)9-6-13(17)14(18-7-9)22-11-3-4-12-10(5-11)8-21-16-12/h3-7,16H,2,8H2,1H3. The molecule has 0 saturated carbocycles. The smallest absolute Gasteiger partial charge is 0.339 e. The van der Waals surface area contributed by atoms with Crippen LogP contribution in [-0.2, 0) is 16.0 Å². The molecule has 1 aromatic heterocycles. The molecule has 3 rings (SSSR count). The van der Waals surface area contributed by atoms with Crippen LogP contribution in [0.25, 0.3) is 0 Å². The highest BCUT2D eigenvalue weighted by Gasteiger charge is 2.15. The molecule has 0 bridgehead atoms. The first kappa shape index (κ1) is 14.9. The Hall–Kier alpha value is -2.05. The molecule has 0 saturated heterocycles. The molecule has 0 aliphatic carbocycles. The van der Waals surface area contributed by atoms with Gasteiger partial charge in [-0.05, 0) is 36.1 Å². The van der Waals surface area contributed by atoms with E-state index in [-0.39, 0.29) is 10.9 Å². The van der Waals surface area contributed by atoms with Crippen LogP contribution in [0.1, 0.15) is 22.8 Å². The van der Waals surface area contributed by atoms with E-state index in [1.807, 2.05) is 18.2 Å². The number of pyridine rings is 1. The van der Waals surface area contributed by atoms with Crippen molar-refractivity contribution in [3.63, 3.8) is 0 Å². The first-order chi connectivity index (χ1) is 10.7. The van der Waals surface area contributed by atoms with Crippen LogP contribution in [0.5, 0.6) is 11.6 Å². The minimum Gasteiger partial charge on any atom is -0.462 e. The number of halogens is 1. The predicted octanol–water partition coefficient (Wildman–Crippen LogP) is 2.21. The largest absolute Gasteiger partial charge is 0.462 e. The van der Waals surface area contributed by atoms with Gasteiger partial charge in [0.05, 0.1) is 18.8 Å². The van der Waals surface area contributed by atoms with E-state index in [0.29, 0.717) is 32.0 Å². The number of hydrogen-bond donors (Lipinski definition) is 0. The summed E-state index contributed by atoms with van der Waals surface area (Å²) in [4.78, 5) is 15.7. The lowest BCUT2D eigenvalue weighted by Gasteiger charge is -2.09. The molecule has 5 nitrogen and oxygen atoms in total. The molecule has 2 aromatic rings. The summed E-state index contributed by atoms with van der Waals surface area (Å²) in [5.74, 6) is 0.411. The summed E-state index contributed by atoms with van der Waals surface area (Å²) in [6, 6.07) is 7.18. The maximum Gasteiger partial charge on any atom is 0.339 e. The van der Waals surface area contributed by atoms with E-state index in [0.717, 1.165) is 11.0 Å². The Morgan fingerprint density at radius 1 is 1.45 bits per heavy atom. The zero-order valence-electron chi connectivity index (χ0n) is 12.0. The van der Waals surface area contributed by atoms with Gasteiger partial charge in [-0.25, -0.2) is 9.78 Å². The van der Waals surface area contributed by atoms with Crippen molar-refractivity contribution in [1.82, 2.24) is 4.98 Å². The van der Waals surface area contributed by atoms with Gasteiger partial charge in [0.15, 0.2) is 0 Å². The van der Waals surface area contributed by atoms with Crippen molar-refractivity contribution in [3.8, 4) is 11.6 Å². The lowest BCUT2D eigenvalue weighted by Crippen LogP contribution is -2.10. The van der Waals surface area contributed by atoms with E-state index < -0.39 is 5.97 Å². The zero-order valence-corrected chi connectivity index (χ0v) is 12.7. The summed E-state index contributed by atoms with van der Waals surface area (Å²) in [6.07, 6.45) is 1.38. The minimum absolute atomic E-state index is 0.244. The molecule has 112 valence electrons. The number of esters is 1. The van der Waals surface area contributed by atoms with Gasteiger partial charge in [0.2, 0.25) is 5.88 Å². The number of nitrogens with zero attached hydrogens (tertiary/aromatic N) is 1. The summed E-state index contributed by atoms with van der Waals surface area (Å²) >= 11 is 6.12. The summed E-state index contributed by atoms with van der Waals surface area (Å²) in [6.45, 7) is 2.61. The molecular weight excluding hydrogens is 304 g/mol. The van der Waals surface area contributed by atoms with E-state index in [2.05, 4.69) is 4.98 Å². The Morgan fingerprint density at radius 2 is 2.32 bits per heavy atom. The third kappa shape index (κ3) is 3.08. The Kier molecular flexibility index (Phi) is 4.31. The molecule has 7 heteroatoms. The number of ether oxygens (including phenoxy) is 2. The summed E-state index contributed by atoms with van der Waals surface area (Å²) < 4.78 is 15.9. The third-order valence-corrected chi connectivity index (χ3v) is 3.50. The van der Waals surface area contributed by atoms with E-state index in [1.54, 1.807) is 6.92 Å². The zero-order chi connectivity index (χ0) is 15.5. The number of benzene rings is 1. The number of hydrogen-bond acceptors (Lipinski definition) is 5. The lowest BCUT2D eigenvalue weighted by atomic mass is 9.87. The predicted molar refractivity (Wildman–Crippen MR) is 83.3 cm³/mol. The second-order valence-electron chi connectivity index (χ2n) is 4.76. The highest BCUT2D eigenvalue weighted by Crippen LogP contribution is 2.28. The molecule has 0 N–H and O–H groups in total. The number of carbonyl (C=O) groups is 1. The maximum absolute atomic E-state index is 11.6. The highest BCUT2D eigenvalue weighted by atomic mass is 35.5. The summed E-state index contributed by atoms with van der Waals surface area (Å²) in [5, 5.41) is 0.252. The molecule has 0 radical (unpaired) electrons. The fourth-order valence-electron chi connectivity index (χ4n) is 2.15. The molecule has 0 fully saturated rings. The third-order valence-electron chi connectivity index (χ3n) is 3.23. The highest BCUT2D eigenvalue weighted by molar-refractivity contribution is 6.48. The monoisotopic (exact) mass is 317 g/mol. The molecule has 1 aromatic carbocycles. The molecule has 0 unspecified atom stereocenters. The molecule has 1 aliphatic rings. The van der Waals surface area contributed by atoms with Gasteiger partial charge < -0.3 is 14.1 Å². The van der Waals surface area contributed by atoms with Crippen molar-refractivity contribution in [3.05, 3.63) is 46.6 Å². The molecule has 0 atom stereocenters. The van der Waals surface area contributed by atoms with Crippen LogP contribution in [0.3, 0.4) is 0 Å². The van der Waals surface area contributed by atoms with Crippen molar-refractivity contribution in [1.29, 1.82) is 0 Å². The van der Waals surface area contributed by atoms with E-state index in [9.17, 15) is 4.79 Å². The molecular formula is C15H13BClNO4. The van der Waals surface area contributed by atoms with Gasteiger partial charge in [-0.3, -0.25) is 0 Å². The topological polar surface area (TPSA) is 57.7 Å². The van der Waals surface area contributed by atoms with Crippen molar-refractivity contribution in [2.75, 3.05) is 6.61 Å². The average Bonchev–Trinajstić information content (AvgIpc) is 2.97. The Morgan fingerprint density at radius 3 is 3.09 bits per heavy atom. The van der Waals surface area contributed by atoms with Crippen LogP contribution in [0.15, 0.2) is 30.5 Å². The first-order valence-electron chi connectivity index (χ1n) is 6.87. The van der Waals surface area contributed by atoms with E-state index >= 15 is 0 Å². The summed E-state index contributed by atoms with van der Waals surface area (Å²) in [7, 11) is 0.628. The summed E-state index contributed by atoms with van der Waals surface area (Å²) in [5.41, 5.74) is 2.54. The van der Waals surface area contributed by atoms with Crippen molar-refractivity contribution in [2.45, 2.75) is 13.5 Å². The van der Waals surface area contributed by atoms with Gasteiger partial charge in [0.25, 0.3) is 0 Å². The van der Waals surface area contributed by atoms with Crippen LogP contribution in [0.2, 0.25) is 5.02 Å². The second-order valence-corrected chi connectivity index (χ2v) is 5.16. The van der Waals surface area contributed by atoms with Gasteiger partial charge in [-0.1, -0.05) is 17.7 Å². The lowest BCUT2D eigenvalue weighted by molar-refractivity contribution is 0.0526. The molecule has 0 amide bonds. The maximum atomic E-state index is 11.6. The first-order valence-corrected chi connectivity index (χ1v) is 7.25. The number of carbonyl (C=O) groups excluding carboxylic acids is 1. The SMILES string of the molecule is CCOC(=O)c1cnc(Oc2ccc3c(c2)COB3)c(Cl)c1. The number of fused-ring (bicyclic) bond motifs is 1. The van der Waals surface area contributed by atoms with E-state index in [1.165, 1.54) is 12.3 Å². The van der Waals surface area contributed by atoms with Gasteiger partial charge in [0.1, 0.15) is 10.8 Å². The van der Waals surface area contributed by atoms with E-state index in [4.69, 9.17) is 25.7 Å². The molecule has 1 aliphatic heterocycles. The minimum atomic E-state index is -0.460. The number of aromatic nitrogens is 1. The van der Waals surface area contributed by atoms with Crippen molar-refractivity contribution >= 4 is 30.5 Å². The van der Waals surface area contributed by atoms with Crippen LogP contribution in [0, 0.1) is 0 Å². The fraction of sp³-hybridized carbons (Fsp3) is 0.200. The fourth-order valence-corrected chi connectivity index (χ4v) is 2.35. The van der Waals surface area contributed by atoms with Crippen LogP contribution in [0.4, 0.5) is 0 Å².